The topological polar surface area (TPSA) is 87.7 Å². The third kappa shape index (κ3) is 5.27. The van der Waals surface area contributed by atoms with Gasteiger partial charge in [-0.1, -0.05) is 17.7 Å². The Hall–Kier alpha value is -2.34. The van der Waals surface area contributed by atoms with Gasteiger partial charge in [0.05, 0.1) is 19.8 Å². The van der Waals surface area contributed by atoms with E-state index in [1.54, 1.807) is 0 Å². The molecule has 0 atom stereocenters. The summed E-state index contributed by atoms with van der Waals surface area (Å²) < 4.78 is 4.54. The highest BCUT2D eigenvalue weighted by Gasteiger charge is 2.13. The van der Waals surface area contributed by atoms with E-state index in [2.05, 4.69) is 15.4 Å². The van der Waals surface area contributed by atoms with Crippen molar-refractivity contribution in [2.75, 3.05) is 25.6 Å². The monoisotopic (exact) mass is 292 g/mol. The molecule has 3 N–H and O–H groups in total. The lowest BCUT2D eigenvalue weighted by Gasteiger charge is -2.13. The van der Waals surface area contributed by atoms with Crippen LogP contribution in [0.1, 0.15) is 11.1 Å². The molecule has 6 heteroatoms. The molecule has 0 unspecified atom stereocenters. The van der Waals surface area contributed by atoms with Crippen molar-refractivity contribution in [1.29, 1.82) is 0 Å². The number of ether oxygens (including phenoxy) is 1. The van der Waals surface area contributed by atoms with Gasteiger partial charge in [-0.15, -0.1) is 0 Å². The zero-order valence-corrected chi connectivity index (χ0v) is 12.4. The van der Waals surface area contributed by atoms with Gasteiger partial charge >= 0.3 is 5.97 Å². The normalized spacial score (nSPS) is 11.0. The number of carbonyl (C=O) groups is 2. The van der Waals surface area contributed by atoms with Crippen molar-refractivity contribution >= 4 is 17.6 Å². The van der Waals surface area contributed by atoms with Gasteiger partial charge < -0.3 is 20.5 Å². The molecule has 6 nitrogen and oxygen atoms in total. The molecule has 0 aromatic heterocycles. The largest absolute Gasteiger partial charge is 0.466 e. The van der Waals surface area contributed by atoms with Gasteiger partial charge in [-0.25, -0.2) is 4.79 Å². The number of anilines is 1. The van der Waals surface area contributed by atoms with Crippen molar-refractivity contribution in [3.63, 3.8) is 0 Å². The Bertz CT molecular complexity index is 553. The van der Waals surface area contributed by atoms with Crippen molar-refractivity contribution in [1.82, 2.24) is 5.32 Å². The summed E-state index contributed by atoms with van der Waals surface area (Å²) in [6, 6.07) is 5.69. The van der Waals surface area contributed by atoms with Crippen molar-refractivity contribution in [3.8, 4) is 0 Å². The van der Waals surface area contributed by atoms with E-state index in [0.717, 1.165) is 22.9 Å². The highest BCUT2D eigenvalue weighted by atomic mass is 16.5. The lowest BCUT2D eigenvalue weighted by Crippen LogP contribution is -2.31. The Balaban J connectivity index is 2.99. The minimum Gasteiger partial charge on any atom is -0.466 e. The van der Waals surface area contributed by atoms with Crippen LogP contribution in [-0.4, -0.2) is 37.2 Å². The van der Waals surface area contributed by atoms with Crippen LogP contribution in [-0.2, 0) is 14.3 Å². The van der Waals surface area contributed by atoms with E-state index in [9.17, 15) is 9.59 Å². The summed E-state index contributed by atoms with van der Waals surface area (Å²) in [5, 5.41) is 14.1. The van der Waals surface area contributed by atoms with Crippen LogP contribution in [0.5, 0.6) is 0 Å². The molecule has 0 heterocycles. The predicted octanol–water partition coefficient (Wildman–Crippen LogP) is 0.881. The summed E-state index contributed by atoms with van der Waals surface area (Å²) in [5.41, 5.74) is 2.82. The fourth-order valence-electron chi connectivity index (χ4n) is 1.70. The lowest BCUT2D eigenvalue weighted by atomic mass is 10.1. The molecule has 0 saturated heterocycles. The SMILES string of the molecule is COC(=O)/C=C(\Nc1ccc(C)cc1C)C(=O)NCCO. The fraction of sp³-hybridized carbons (Fsp3) is 0.333. The van der Waals surface area contributed by atoms with Gasteiger partial charge in [0.2, 0.25) is 0 Å². The molecule has 0 spiro atoms. The number of methoxy groups -OCH3 is 1. The Labute approximate surface area is 123 Å². The Morgan fingerprint density at radius 1 is 1.33 bits per heavy atom. The van der Waals surface area contributed by atoms with Crippen LogP contribution in [0, 0.1) is 13.8 Å². The fourth-order valence-corrected chi connectivity index (χ4v) is 1.70. The van der Waals surface area contributed by atoms with E-state index in [4.69, 9.17) is 5.11 Å². The summed E-state index contributed by atoms with van der Waals surface area (Å²) in [4.78, 5) is 23.3. The van der Waals surface area contributed by atoms with Crippen LogP contribution in [0.25, 0.3) is 0 Å². The number of amides is 1. The maximum absolute atomic E-state index is 12.0. The van der Waals surface area contributed by atoms with Crippen LogP contribution in [0.2, 0.25) is 0 Å². The quantitative estimate of drug-likeness (QED) is 0.535. The first kappa shape index (κ1) is 16.7. The molecule has 21 heavy (non-hydrogen) atoms. The van der Waals surface area contributed by atoms with E-state index in [1.165, 1.54) is 7.11 Å². The smallest absolute Gasteiger partial charge is 0.332 e. The molecule has 0 aliphatic heterocycles. The molecule has 1 amide bonds. The zero-order chi connectivity index (χ0) is 15.8. The van der Waals surface area contributed by atoms with Crippen molar-refractivity contribution in [3.05, 3.63) is 41.1 Å². The number of aliphatic hydroxyl groups is 1. The number of hydrogen-bond acceptors (Lipinski definition) is 5. The molecule has 1 aromatic rings. The summed E-state index contributed by atoms with van der Waals surface area (Å²) in [6.07, 6.45) is 1.08. The van der Waals surface area contributed by atoms with Gasteiger partial charge in [0.15, 0.2) is 0 Å². The highest BCUT2D eigenvalue weighted by molar-refractivity contribution is 6.01. The average molecular weight is 292 g/mol. The summed E-state index contributed by atoms with van der Waals surface area (Å²) in [5.74, 6) is -1.13. The second-order valence-corrected chi connectivity index (χ2v) is 4.50. The summed E-state index contributed by atoms with van der Waals surface area (Å²) in [7, 11) is 1.24. The van der Waals surface area contributed by atoms with Crippen LogP contribution < -0.4 is 10.6 Å². The first-order valence-electron chi connectivity index (χ1n) is 6.51. The van der Waals surface area contributed by atoms with Crippen LogP contribution >= 0.6 is 0 Å². The number of carbonyl (C=O) groups excluding carboxylic acids is 2. The first-order chi connectivity index (χ1) is 9.97. The van der Waals surface area contributed by atoms with E-state index in [-0.39, 0.29) is 18.8 Å². The molecular formula is C15H20N2O4. The van der Waals surface area contributed by atoms with E-state index >= 15 is 0 Å². The first-order valence-corrected chi connectivity index (χ1v) is 6.51. The number of aryl methyl sites for hydroxylation is 2. The number of esters is 1. The van der Waals surface area contributed by atoms with Gasteiger partial charge in [0.25, 0.3) is 5.91 Å². The number of nitrogens with one attached hydrogen (secondary N) is 2. The van der Waals surface area contributed by atoms with Crippen molar-refractivity contribution < 1.29 is 19.4 Å². The molecule has 0 bridgehead atoms. The molecule has 114 valence electrons. The molecule has 0 aliphatic carbocycles. The van der Waals surface area contributed by atoms with Crippen LogP contribution in [0.4, 0.5) is 5.69 Å². The number of rotatable bonds is 6. The van der Waals surface area contributed by atoms with Crippen LogP contribution in [0.15, 0.2) is 30.0 Å². The summed E-state index contributed by atoms with van der Waals surface area (Å²) >= 11 is 0. The Kier molecular flexibility index (Phi) is 6.42. The minimum absolute atomic E-state index is 0.0576. The average Bonchev–Trinajstić information content (AvgIpc) is 2.46. The Morgan fingerprint density at radius 3 is 2.62 bits per heavy atom. The maximum Gasteiger partial charge on any atom is 0.332 e. The molecule has 0 saturated carbocycles. The summed E-state index contributed by atoms with van der Waals surface area (Å²) in [6.45, 7) is 3.79. The van der Waals surface area contributed by atoms with Crippen LogP contribution in [0.3, 0.4) is 0 Å². The molecule has 0 fully saturated rings. The maximum atomic E-state index is 12.0. The van der Waals surface area contributed by atoms with E-state index < -0.39 is 11.9 Å². The van der Waals surface area contributed by atoms with E-state index in [0.29, 0.717) is 0 Å². The second kappa shape index (κ2) is 8.06. The predicted molar refractivity (Wildman–Crippen MR) is 79.7 cm³/mol. The highest BCUT2D eigenvalue weighted by Crippen LogP contribution is 2.18. The lowest BCUT2D eigenvalue weighted by molar-refractivity contribution is -0.135. The Morgan fingerprint density at radius 2 is 2.05 bits per heavy atom. The van der Waals surface area contributed by atoms with Crippen molar-refractivity contribution in [2.24, 2.45) is 0 Å². The number of aliphatic hydroxyl groups excluding tert-OH is 1. The molecule has 1 aromatic carbocycles. The third-order valence-corrected chi connectivity index (χ3v) is 2.76. The van der Waals surface area contributed by atoms with Gasteiger partial charge in [0.1, 0.15) is 5.70 Å². The minimum atomic E-state index is -0.638. The standard InChI is InChI=1S/C15H20N2O4/c1-10-4-5-12(11(2)8-10)17-13(9-14(19)21-3)15(20)16-6-7-18/h4-5,8-9,17-18H,6-7H2,1-3H3,(H,16,20)/b13-9-. The third-order valence-electron chi connectivity index (χ3n) is 2.76. The van der Waals surface area contributed by atoms with E-state index in [1.807, 2.05) is 32.0 Å². The molecule has 0 aliphatic rings. The molecule has 0 radical (unpaired) electrons. The number of hydrogen-bond donors (Lipinski definition) is 3. The molecule has 1 rings (SSSR count). The molecular weight excluding hydrogens is 272 g/mol. The second-order valence-electron chi connectivity index (χ2n) is 4.50. The number of benzene rings is 1. The van der Waals surface area contributed by atoms with Gasteiger partial charge in [0, 0.05) is 12.2 Å². The van der Waals surface area contributed by atoms with Crippen molar-refractivity contribution in [2.45, 2.75) is 13.8 Å². The van der Waals surface area contributed by atoms with Gasteiger partial charge in [-0.3, -0.25) is 4.79 Å². The van der Waals surface area contributed by atoms with Gasteiger partial charge in [-0.2, -0.15) is 0 Å². The van der Waals surface area contributed by atoms with Gasteiger partial charge in [-0.05, 0) is 25.5 Å². The zero-order valence-electron chi connectivity index (χ0n) is 12.4.